The highest BCUT2D eigenvalue weighted by Crippen LogP contribution is 2.54. The van der Waals surface area contributed by atoms with Crippen molar-refractivity contribution in [2.75, 3.05) is 0 Å². The van der Waals surface area contributed by atoms with Gasteiger partial charge in [-0.05, 0) is 0 Å². The minimum absolute atomic E-state index is 0.108. The lowest BCUT2D eigenvalue weighted by atomic mass is 10.2. The molecule has 12 heavy (non-hydrogen) atoms. The van der Waals surface area contributed by atoms with Crippen molar-refractivity contribution in [3.63, 3.8) is 0 Å². The third-order valence-electron chi connectivity index (χ3n) is 1.97. The minimum Gasteiger partial charge on any atom is -0.385 e. The van der Waals surface area contributed by atoms with Crippen LogP contribution in [0.2, 0.25) is 0 Å². The lowest BCUT2D eigenvalue weighted by Gasteiger charge is -2.04. The van der Waals surface area contributed by atoms with Crippen molar-refractivity contribution in [1.29, 1.82) is 0 Å². The van der Waals surface area contributed by atoms with Crippen LogP contribution in [0.5, 0.6) is 0 Å². The normalized spacial score (nSPS) is 28.4. The molecule has 0 aliphatic heterocycles. The number of alkyl halides is 2. The minimum atomic E-state index is -2.73. The van der Waals surface area contributed by atoms with Gasteiger partial charge in [0.15, 0.2) is 5.82 Å². The molecule has 0 radical (unpaired) electrons. The SMILES string of the molecule is OC(c1ncn[nH]1)[C@H]1CC1(F)F. The van der Waals surface area contributed by atoms with Gasteiger partial charge in [-0.2, -0.15) is 5.10 Å². The van der Waals surface area contributed by atoms with Crippen LogP contribution in [0, 0.1) is 5.92 Å². The molecule has 0 aromatic carbocycles. The van der Waals surface area contributed by atoms with Gasteiger partial charge in [0, 0.05) is 6.42 Å². The number of rotatable bonds is 2. The monoisotopic (exact) mass is 175 g/mol. The van der Waals surface area contributed by atoms with Gasteiger partial charge in [0.25, 0.3) is 5.92 Å². The Hall–Kier alpha value is -1.04. The van der Waals surface area contributed by atoms with Gasteiger partial charge in [-0.1, -0.05) is 0 Å². The third-order valence-corrected chi connectivity index (χ3v) is 1.97. The molecule has 1 aromatic heterocycles. The van der Waals surface area contributed by atoms with Crippen LogP contribution in [0.1, 0.15) is 18.3 Å². The quantitative estimate of drug-likeness (QED) is 0.687. The fourth-order valence-electron chi connectivity index (χ4n) is 1.12. The molecule has 2 rings (SSSR count). The molecule has 0 spiro atoms. The number of aromatic nitrogens is 3. The Kier molecular flexibility index (Phi) is 1.41. The summed E-state index contributed by atoms with van der Waals surface area (Å²) >= 11 is 0. The Bertz CT molecular complexity index is 274. The van der Waals surface area contributed by atoms with Crippen LogP contribution in [0.25, 0.3) is 0 Å². The number of nitrogens with zero attached hydrogens (tertiary/aromatic N) is 2. The Morgan fingerprint density at radius 1 is 1.75 bits per heavy atom. The standard InChI is InChI=1S/C6H7F2N3O/c7-6(8)1-3(6)4(12)5-9-2-10-11-5/h2-4,12H,1H2,(H,9,10,11)/t3-,4?/m1/s1. The molecule has 66 valence electrons. The van der Waals surface area contributed by atoms with Crippen LogP contribution in [0.4, 0.5) is 8.78 Å². The van der Waals surface area contributed by atoms with Crippen LogP contribution in [0.15, 0.2) is 6.33 Å². The molecule has 1 saturated carbocycles. The molecule has 1 heterocycles. The molecule has 1 aliphatic carbocycles. The Morgan fingerprint density at radius 3 is 2.83 bits per heavy atom. The van der Waals surface area contributed by atoms with Crippen molar-refractivity contribution in [1.82, 2.24) is 15.2 Å². The van der Waals surface area contributed by atoms with E-state index >= 15 is 0 Å². The van der Waals surface area contributed by atoms with Gasteiger partial charge in [0.2, 0.25) is 0 Å². The van der Waals surface area contributed by atoms with Crippen molar-refractivity contribution in [2.45, 2.75) is 18.4 Å². The maximum absolute atomic E-state index is 12.4. The summed E-state index contributed by atoms with van der Waals surface area (Å²) in [7, 11) is 0. The van der Waals surface area contributed by atoms with E-state index < -0.39 is 17.9 Å². The summed E-state index contributed by atoms with van der Waals surface area (Å²) in [4.78, 5) is 3.59. The number of nitrogens with one attached hydrogen (secondary N) is 1. The lowest BCUT2D eigenvalue weighted by Crippen LogP contribution is -2.07. The molecule has 6 heteroatoms. The van der Waals surface area contributed by atoms with E-state index in [1.54, 1.807) is 0 Å². The second-order valence-corrected chi connectivity index (χ2v) is 2.89. The second kappa shape index (κ2) is 2.22. The highest BCUT2D eigenvalue weighted by molar-refractivity contribution is 5.05. The summed E-state index contributed by atoms with van der Waals surface area (Å²) < 4.78 is 24.8. The highest BCUT2D eigenvalue weighted by Gasteiger charge is 2.61. The zero-order valence-corrected chi connectivity index (χ0v) is 6.04. The summed E-state index contributed by atoms with van der Waals surface area (Å²) in [5, 5.41) is 15.1. The topological polar surface area (TPSA) is 61.8 Å². The number of aliphatic hydroxyl groups is 1. The predicted molar refractivity (Wildman–Crippen MR) is 34.4 cm³/mol. The predicted octanol–water partition coefficient (Wildman–Crippen LogP) is 0.493. The summed E-state index contributed by atoms with van der Waals surface area (Å²) in [6, 6.07) is 0. The molecule has 2 atom stereocenters. The molecule has 1 unspecified atom stereocenters. The fraction of sp³-hybridized carbons (Fsp3) is 0.667. The summed E-state index contributed by atoms with van der Waals surface area (Å²) in [6.45, 7) is 0. The van der Waals surface area contributed by atoms with Crippen molar-refractivity contribution in [2.24, 2.45) is 5.92 Å². The van der Waals surface area contributed by atoms with Crippen molar-refractivity contribution in [3.8, 4) is 0 Å². The molecule has 4 nitrogen and oxygen atoms in total. The maximum atomic E-state index is 12.4. The number of aromatic amines is 1. The zero-order chi connectivity index (χ0) is 8.77. The summed E-state index contributed by atoms with van der Waals surface area (Å²) in [5.74, 6) is -3.62. The average molecular weight is 175 g/mol. The van der Waals surface area contributed by atoms with Gasteiger partial charge in [0.05, 0.1) is 5.92 Å². The van der Waals surface area contributed by atoms with Gasteiger partial charge in [-0.3, -0.25) is 5.10 Å². The molecule has 0 saturated heterocycles. The van der Waals surface area contributed by atoms with Gasteiger partial charge in [0.1, 0.15) is 12.4 Å². The Morgan fingerprint density at radius 2 is 2.42 bits per heavy atom. The summed E-state index contributed by atoms with van der Waals surface area (Å²) in [5.41, 5.74) is 0. The smallest absolute Gasteiger partial charge is 0.254 e. The number of H-pyrrole nitrogens is 1. The Balaban J connectivity index is 2.08. The van der Waals surface area contributed by atoms with Crippen LogP contribution < -0.4 is 0 Å². The second-order valence-electron chi connectivity index (χ2n) is 2.89. The molecule has 0 amide bonds. The highest BCUT2D eigenvalue weighted by atomic mass is 19.3. The van der Waals surface area contributed by atoms with Gasteiger partial charge < -0.3 is 5.11 Å². The molecular weight excluding hydrogens is 168 g/mol. The van der Waals surface area contributed by atoms with Crippen molar-refractivity contribution < 1.29 is 13.9 Å². The molecule has 2 N–H and O–H groups in total. The first-order valence-corrected chi connectivity index (χ1v) is 3.52. The zero-order valence-electron chi connectivity index (χ0n) is 6.04. The van der Waals surface area contributed by atoms with E-state index in [0.29, 0.717) is 0 Å². The van der Waals surface area contributed by atoms with Crippen LogP contribution >= 0.6 is 0 Å². The van der Waals surface area contributed by atoms with Gasteiger partial charge >= 0.3 is 0 Å². The number of aliphatic hydroxyl groups excluding tert-OH is 1. The molecule has 0 bridgehead atoms. The third kappa shape index (κ3) is 1.08. The van der Waals surface area contributed by atoms with Crippen LogP contribution in [-0.2, 0) is 0 Å². The fourth-order valence-corrected chi connectivity index (χ4v) is 1.12. The molecule has 1 aliphatic rings. The van der Waals surface area contributed by atoms with E-state index in [-0.39, 0.29) is 12.2 Å². The van der Waals surface area contributed by atoms with Crippen LogP contribution in [0.3, 0.4) is 0 Å². The van der Waals surface area contributed by atoms with E-state index in [4.69, 9.17) is 0 Å². The molecule has 1 aromatic rings. The van der Waals surface area contributed by atoms with E-state index in [9.17, 15) is 13.9 Å². The summed E-state index contributed by atoms with van der Waals surface area (Å²) in [6.07, 6.45) is -0.309. The lowest BCUT2D eigenvalue weighted by molar-refractivity contribution is 0.0444. The number of hydrogen-bond donors (Lipinski definition) is 2. The van der Waals surface area contributed by atoms with Crippen molar-refractivity contribution >= 4 is 0 Å². The largest absolute Gasteiger partial charge is 0.385 e. The molecular formula is C6H7F2N3O. The first kappa shape index (κ1) is 7.60. The first-order valence-electron chi connectivity index (χ1n) is 3.52. The van der Waals surface area contributed by atoms with E-state index in [0.717, 1.165) is 0 Å². The Labute approximate surface area is 66.6 Å². The number of hydrogen-bond acceptors (Lipinski definition) is 3. The first-order chi connectivity index (χ1) is 5.61. The molecule has 1 fully saturated rings. The average Bonchev–Trinajstić information content (AvgIpc) is 2.56. The maximum Gasteiger partial charge on any atom is 0.254 e. The number of halogens is 2. The van der Waals surface area contributed by atoms with Gasteiger partial charge in [-0.25, -0.2) is 13.8 Å². The van der Waals surface area contributed by atoms with Crippen molar-refractivity contribution in [3.05, 3.63) is 12.2 Å². The van der Waals surface area contributed by atoms with Crippen LogP contribution in [-0.4, -0.2) is 26.2 Å². The van der Waals surface area contributed by atoms with Gasteiger partial charge in [-0.15, -0.1) is 0 Å². The van der Waals surface area contributed by atoms with E-state index in [2.05, 4.69) is 15.2 Å². The van der Waals surface area contributed by atoms with E-state index in [1.165, 1.54) is 6.33 Å². The van der Waals surface area contributed by atoms with E-state index in [1.807, 2.05) is 0 Å².